The van der Waals surface area contributed by atoms with E-state index in [-0.39, 0.29) is 24.5 Å². The van der Waals surface area contributed by atoms with Gasteiger partial charge >= 0.3 is 5.97 Å². The van der Waals surface area contributed by atoms with Crippen molar-refractivity contribution in [3.05, 3.63) is 59.7 Å². The van der Waals surface area contributed by atoms with Crippen molar-refractivity contribution >= 4 is 23.5 Å². The van der Waals surface area contributed by atoms with Crippen molar-refractivity contribution in [2.45, 2.75) is 38.5 Å². The Bertz CT molecular complexity index is 806. The van der Waals surface area contributed by atoms with Crippen LogP contribution in [0.25, 0.3) is 0 Å². The van der Waals surface area contributed by atoms with Crippen LogP contribution < -0.4 is 11.1 Å². The van der Waals surface area contributed by atoms with Gasteiger partial charge in [-0.2, -0.15) is 0 Å². The highest BCUT2D eigenvalue weighted by atomic mass is 35.5. The van der Waals surface area contributed by atoms with Gasteiger partial charge in [0.15, 0.2) is 17.0 Å². The van der Waals surface area contributed by atoms with E-state index in [1.807, 2.05) is 30.3 Å². The predicted molar refractivity (Wildman–Crippen MR) is 110 cm³/mol. The third-order valence-electron chi connectivity index (χ3n) is 3.91. The van der Waals surface area contributed by atoms with Gasteiger partial charge in [-0.05, 0) is 37.1 Å². The van der Waals surface area contributed by atoms with Crippen LogP contribution in [0.2, 0.25) is 0 Å². The maximum atomic E-state index is 12.6. The van der Waals surface area contributed by atoms with Crippen LogP contribution in [0.4, 0.5) is 0 Å². The quantitative estimate of drug-likeness (QED) is 0.307. The first kappa shape index (κ1) is 24.3. The monoisotopic (exact) mass is 423 g/mol. The van der Waals surface area contributed by atoms with E-state index < -0.39 is 23.5 Å². The predicted octanol–water partition coefficient (Wildman–Crippen LogP) is 1.74. The maximum Gasteiger partial charge on any atom is 0.329 e. The minimum absolute atomic E-state index is 0.0840. The lowest BCUT2D eigenvalue weighted by Gasteiger charge is -2.21. The molecule has 0 radical (unpaired) electrons. The molecule has 1 unspecified atom stereocenters. The highest BCUT2D eigenvalue weighted by Gasteiger charge is 2.31. The number of phenolic OH excluding ortho intramolecular Hbond substituents is 2. The molecule has 2 aromatic rings. The summed E-state index contributed by atoms with van der Waals surface area (Å²) in [6.07, 6.45) is 1.57. The molecule has 2 aromatic carbocycles. The van der Waals surface area contributed by atoms with Gasteiger partial charge in [0.2, 0.25) is 0 Å². The number of aromatic hydroxyl groups is 2. The summed E-state index contributed by atoms with van der Waals surface area (Å²) < 4.78 is 5.34. The fourth-order valence-electron chi connectivity index (χ4n) is 2.31. The molecule has 2 rings (SSSR count). The first-order valence-electron chi connectivity index (χ1n) is 8.92. The molecule has 29 heavy (non-hydrogen) atoms. The summed E-state index contributed by atoms with van der Waals surface area (Å²) in [5.74, 6) is -1.55. The van der Waals surface area contributed by atoms with Gasteiger partial charge in [0.05, 0.1) is 0 Å². The molecule has 0 fully saturated rings. The molecule has 6 N–H and O–H groups in total. The highest BCUT2D eigenvalue weighted by molar-refractivity contribution is 6.15. The number of hydrogen-bond donors (Lipinski definition) is 4. The van der Waals surface area contributed by atoms with Crippen LogP contribution in [-0.2, 0) is 27.4 Å². The molecule has 0 saturated carbocycles. The number of alkyl halides is 1. The third-order valence-corrected chi connectivity index (χ3v) is 3.91. The van der Waals surface area contributed by atoms with Crippen LogP contribution in [-0.4, -0.2) is 40.1 Å². The van der Waals surface area contributed by atoms with Gasteiger partial charge in [-0.25, -0.2) is 4.79 Å². The van der Waals surface area contributed by atoms with E-state index in [2.05, 4.69) is 22.7 Å². The molecule has 0 aliphatic heterocycles. The van der Waals surface area contributed by atoms with Crippen molar-refractivity contribution < 1.29 is 30.3 Å². The second-order valence-corrected chi connectivity index (χ2v) is 7.03. The molecule has 0 bridgehead atoms. The van der Waals surface area contributed by atoms with Gasteiger partial charge in [-0.15, -0.1) is 11.6 Å². The number of quaternary nitrogens is 1. The number of halogens is 1. The Hall–Kier alpha value is -2.77. The largest absolute Gasteiger partial charge is 0.504 e. The average molecular weight is 424 g/mol. The number of phenols is 2. The molecule has 7 nitrogen and oxygen atoms in total. The number of carbonyl (C=O) groups excluding carboxylic acids is 2. The number of amides is 1. The molecule has 0 aliphatic rings. The number of rotatable bonds is 7. The Balaban J connectivity index is 0.00000204. The zero-order chi connectivity index (χ0) is 22.0. The van der Waals surface area contributed by atoms with Crippen molar-refractivity contribution in [3.8, 4) is 11.5 Å². The van der Waals surface area contributed by atoms with Gasteiger partial charge in [0.1, 0.15) is 12.6 Å². The number of esters is 1. The van der Waals surface area contributed by atoms with Gasteiger partial charge in [-0.3, -0.25) is 4.79 Å². The van der Waals surface area contributed by atoms with E-state index in [1.165, 1.54) is 18.5 Å². The van der Waals surface area contributed by atoms with E-state index in [0.29, 0.717) is 5.56 Å². The molecule has 0 saturated heterocycles. The van der Waals surface area contributed by atoms with Crippen LogP contribution in [0.15, 0.2) is 48.5 Å². The lowest BCUT2D eigenvalue weighted by Crippen LogP contribution is -2.76. The summed E-state index contributed by atoms with van der Waals surface area (Å²) >= 11 is 4.64. The van der Waals surface area contributed by atoms with E-state index in [4.69, 9.17) is 4.74 Å². The lowest BCUT2D eigenvalue weighted by atomic mass is 10.0. The molecular weight excluding hydrogens is 396 g/mol. The smallest absolute Gasteiger partial charge is 0.329 e. The summed E-state index contributed by atoms with van der Waals surface area (Å²) in [4.78, 5) is 24.9. The number of ether oxygens (including phenoxy) is 1. The minimum atomic E-state index is -0.953. The Labute approximate surface area is 175 Å². The number of carbonyl (C=O) groups is 2. The molecule has 1 amide bonds. The van der Waals surface area contributed by atoms with Gasteiger partial charge in [0.25, 0.3) is 5.91 Å². The fraction of sp³-hybridized carbons (Fsp3) is 0.333. The first-order valence-corrected chi connectivity index (χ1v) is 9.68. The Morgan fingerprint density at radius 2 is 1.69 bits per heavy atom. The van der Waals surface area contributed by atoms with Crippen LogP contribution in [0.1, 0.15) is 25.0 Å². The summed E-state index contributed by atoms with van der Waals surface area (Å²) in [6.45, 7) is 3.36. The second-order valence-electron chi connectivity index (χ2n) is 7.03. The van der Waals surface area contributed by atoms with Crippen molar-refractivity contribution in [2.24, 2.45) is 0 Å². The molecule has 0 aromatic heterocycles. The van der Waals surface area contributed by atoms with Gasteiger partial charge in [0, 0.05) is 12.8 Å². The summed E-state index contributed by atoms with van der Waals surface area (Å²) in [5.41, 5.74) is 4.24. The van der Waals surface area contributed by atoms with Crippen LogP contribution in [0, 0.1) is 0 Å². The normalized spacial score (nSPS) is 11.6. The molecule has 8 heteroatoms. The van der Waals surface area contributed by atoms with Crippen molar-refractivity contribution in [3.63, 3.8) is 0 Å². The summed E-state index contributed by atoms with van der Waals surface area (Å²) in [7, 11) is 0. The Kier molecular flexibility index (Phi) is 9.44. The number of nitrogens with one attached hydrogen (secondary N) is 1. The average Bonchev–Trinajstić information content (AvgIpc) is 2.70. The van der Waals surface area contributed by atoms with Crippen molar-refractivity contribution in [2.75, 3.05) is 6.38 Å². The van der Waals surface area contributed by atoms with Gasteiger partial charge < -0.3 is 26.0 Å². The third kappa shape index (κ3) is 8.01. The topological polar surface area (TPSA) is 124 Å². The molecule has 158 valence electrons. The molecular formula is C21H28ClN2O5+. The molecule has 0 aliphatic carbocycles. The first-order chi connectivity index (χ1) is 13.7. The van der Waals surface area contributed by atoms with Crippen molar-refractivity contribution in [1.29, 1.82) is 0 Å². The van der Waals surface area contributed by atoms with E-state index in [9.17, 15) is 19.8 Å². The zero-order valence-corrected chi connectivity index (χ0v) is 17.6. The standard InChI is InChI=1S/C20H24N2O5.CH3Cl/c1-20(2,21)19(26)22-15(10-14-8-9-16(23)17(24)11-14)18(25)27-12-13-6-4-3-5-7-13;1-2/h3-9,11,15,23-24H,10,12,21H2,1-2H3,(H,22,26);1H3/p+1. The Morgan fingerprint density at radius 1 is 1.07 bits per heavy atom. The summed E-state index contributed by atoms with van der Waals surface area (Å²) in [5, 5.41) is 21.7. The van der Waals surface area contributed by atoms with E-state index >= 15 is 0 Å². The van der Waals surface area contributed by atoms with Crippen LogP contribution in [0.3, 0.4) is 0 Å². The molecule has 0 spiro atoms. The van der Waals surface area contributed by atoms with Crippen molar-refractivity contribution in [1.82, 2.24) is 5.32 Å². The lowest BCUT2D eigenvalue weighted by molar-refractivity contribution is -0.446. The highest BCUT2D eigenvalue weighted by Crippen LogP contribution is 2.25. The second kappa shape index (κ2) is 11.3. The number of hydrogen-bond acceptors (Lipinski definition) is 5. The molecule has 0 heterocycles. The summed E-state index contributed by atoms with van der Waals surface area (Å²) in [6, 6.07) is 12.5. The minimum Gasteiger partial charge on any atom is -0.504 e. The zero-order valence-electron chi connectivity index (χ0n) is 16.8. The fourth-order valence-corrected chi connectivity index (χ4v) is 2.31. The molecule has 1 atom stereocenters. The van der Waals surface area contributed by atoms with E-state index in [0.717, 1.165) is 5.56 Å². The maximum absolute atomic E-state index is 12.6. The van der Waals surface area contributed by atoms with Crippen LogP contribution in [0.5, 0.6) is 11.5 Å². The van der Waals surface area contributed by atoms with E-state index in [1.54, 1.807) is 19.9 Å². The van der Waals surface area contributed by atoms with Gasteiger partial charge in [-0.1, -0.05) is 36.4 Å². The Morgan fingerprint density at radius 3 is 2.24 bits per heavy atom. The van der Waals surface area contributed by atoms with Crippen LogP contribution >= 0.6 is 11.6 Å². The number of benzene rings is 2. The SMILES string of the molecule is CC(C)([NH3+])C(=O)NC(Cc1ccc(O)c(O)c1)C(=O)OCc1ccccc1.CCl.